The Hall–Kier alpha value is -2.80. The number of benzene rings is 3. The van der Waals surface area contributed by atoms with Crippen LogP contribution in [-0.2, 0) is 10.5 Å². The van der Waals surface area contributed by atoms with Gasteiger partial charge in [-0.25, -0.2) is 0 Å². The quantitative estimate of drug-likeness (QED) is 0.497. The summed E-state index contributed by atoms with van der Waals surface area (Å²) in [6, 6.07) is 33.6. The Bertz CT molecular complexity index is 946. The first-order valence-corrected chi connectivity index (χ1v) is 12.1. The molecule has 1 aliphatic heterocycles. The normalized spacial score (nSPS) is 14.4. The lowest BCUT2D eigenvalue weighted by atomic mass is 9.96. The highest BCUT2D eigenvalue weighted by Gasteiger charge is 2.25. The van der Waals surface area contributed by atoms with Crippen LogP contribution in [0.15, 0.2) is 101 Å². The molecule has 3 aromatic rings. The maximum atomic E-state index is 10.5. The minimum atomic E-state index is -2.28. The molecule has 4 rings (SSSR count). The summed E-state index contributed by atoms with van der Waals surface area (Å²) in [7, 11) is -2.28. The molecular formula is C26H31N3O2S. The van der Waals surface area contributed by atoms with Gasteiger partial charge in [-0.3, -0.25) is 4.90 Å². The minimum absolute atomic E-state index is 0.275. The van der Waals surface area contributed by atoms with E-state index in [1.165, 1.54) is 11.1 Å². The highest BCUT2D eigenvalue weighted by atomic mass is 32.2. The van der Waals surface area contributed by atoms with Gasteiger partial charge in [0.2, 0.25) is 0 Å². The molecule has 0 N–H and O–H groups in total. The molecule has 1 heterocycles. The first kappa shape index (κ1) is 23.9. The van der Waals surface area contributed by atoms with Crippen LogP contribution in [0.5, 0.6) is 0 Å². The van der Waals surface area contributed by atoms with Crippen molar-refractivity contribution in [1.82, 2.24) is 9.80 Å². The summed E-state index contributed by atoms with van der Waals surface area (Å²) < 4.78 is 24.4. The molecule has 0 aromatic heterocycles. The van der Waals surface area contributed by atoms with Crippen LogP contribution in [-0.4, -0.2) is 57.5 Å². The van der Waals surface area contributed by atoms with Gasteiger partial charge >= 0.3 is 10.5 Å². The number of nitrogens with zero attached hydrogens (tertiary/aromatic N) is 3. The van der Waals surface area contributed by atoms with Crippen LogP contribution in [0.25, 0.3) is 0 Å². The summed E-state index contributed by atoms with van der Waals surface area (Å²) >= 11 is 0. The van der Waals surface area contributed by atoms with Gasteiger partial charge in [0.05, 0.1) is 12.6 Å². The SMILES string of the molecule is O=S(=O)=NCCCN1CCN(C(c2ccccc2)c2ccccc2)CC1.c1ccccc1. The van der Waals surface area contributed by atoms with Crippen molar-refractivity contribution in [2.45, 2.75) is 12.5 Å². The van der Waals surface area contributed by atoms with E-state index in [1.807, 2.05) is 36.4 Å². The van der Waals surface area contributed by atoms with Crippen molar-refractivity contribution in [2.75, 3.05) is 39.3 Å². The lowest BCUT2D eigenvalue weighted by Gasteiger charge is -2.39. The van der Waals surface area contributed by atoms with Gasteiger partial charge in [0, 0.05) is 32.7 Å². The Morgan fingerprint density at radius 1 is 0.688 bits per heavy atom. The summed E-state index contributed by atoms with van der Waals surface area (Å²) in [5, 5.41) is 0. The molecule has 0 saturated carbocycles. The minimum Gasteiger partial charge on any atom is -0.301 e. The Morgan fingerprint density at radius 2 is 1.12 bits per heavy atom. The second kappa shape index (κ2) is 13.6. The summed E-state index contributed by atoms with van der Waals surface area (Å²) in [6.07, 6.45) is 0.786. The van der Waals surface area contributed by atoms with Crippen molar-refractivity contribution >= 4 is 10.5 Å². The molecule has 0 bridgehead atoms. The first-order valence-electron chi connectivity index (χ1n) is 11.1. The fourth-order valence-electron chi connectivity index (χ4n) is 3.95. The van der Waals surface area contributed by atoms with Gasteiger partial charge in [0.1, 0.15) is 0 Å². The van der Waals surface area contributed by atoms with Crippen molar-refractivity contribution in [3.05, 3.63) is 108 Å². The molecule has 5 nitrogen and oxygen atoms in total. The van der Waals surface area contributed by atoms with Crippen LogP contribution >= 0.6 is 0 Å². The Labute approximate surface area is 193 Å². The molecule has 1 aliphatic rings. The molecule has 0 radical (unpaired) electrons. The van der Waals surface area contributed by atoms with Gasteiger partial charge in [0.25, 0.3) is 0 Å². The summed E-state index contributed by atoms with van der Waals surface area (Å²) in [5.41, 5.74) is 2.65. The smallest absolute Gasteiger partial charge is 0.301 e. The van der Waals surface area contributed by atoms with Crippen LogP contribution < -0.4 is 0 Å². The van der Waals surface area contributed by atoms with Gasteiger partial charge in [-0.2, -0.15) is 12.8 Å². The van der Waals surface area contributed by atoms with Crippen LogP contribution in [0, 0.1) is 0 Å². The Kier molecular flexibility index (Phi) is 10.1. The molecule has 3 aromatic carbocycles. The predicted octanol–water partition coefficient (Wildman–Crippen LogP) is 4.53. The maximum absolute atomic E-state index is 10.5. The largest absolute Gasteiger partial charge is 0.311 e. The average Bonchev–Trinajstić information content (AvgIpc) is 2.86. The van der Waals surface area contributed by atoms with Crippen LogP contribution in [0.4, 0.5) is 0 Å². The van der Waals surface area contributed by atoms with E-state index in [4.69, 9.17) is 0 Å². The summed E-state index contributed by atoms with van der Waals surface area (Å²) in [5.74, 6) is 0. The van der Waals surface area contributed by atoms with E-state index in [9.17, 15) is 8.42 Å². The van der Waals surface area contributed by atoms with Gasteiger partial charge in [-0.1, -0.05) is 97.1 Å². The van der Waals surface area contributed by atoms with Gasteiger partial charge in [0.15, 0.2) is 0 Å². The maximum Gasteiger partial charge on any atom is 0.311 e. The van der Waals surface area contributed by atoms with Crippen LogP contribution in [0.3, 0.4) is 0 Å². The number of rotatable bonds is 7. The molecular weight excluding hydrogens is 418 g/mol. The fraction of sp³-hybridized carbons (Fsp3) is 0.308. The zero-order chi connectivity index (χ0) is 22.4. The number of piperazine rings is 1. The first-order chi connectivity index (χ1) is 15.7. The highest BCUT2D eigenvalue weighted by molar-refractivity contribution is 7.61. The topological polar surface area (TPSA) is 53.0 Å². The predicted molar refractivity (Wildman–Crippen MR) is 130 cm³/mol. The molecule has 1 saturated heterocycles. The second-order valence-electron chi connectivity index (χ2n) is 7.68. The molecule has 0 aliphatic carbocycles. The monoisotopic (exact) mass is 449 g/mol. The average molecular weight is 450 g/mol. The van der Waals surface area contributed by atoms with Crippen molar-refractivity contribution < 1.29 is 8.42 Å². The third kappa shape index (κ3) is 8.04. The van der Waals surface area contributed by atoms with Gasteiger partial charge in [-0.15, -0.1) is 0 Å². The molecule has 0 unspecified atom stereocenters. The zero-order valence-corrected chi connectivity index (χ0v) is 19.1. The molecule has 0 atom stereocenters. The standard InChI is InChI=1S/C20H25N3O2S.C6H6/c24-26(25)21-12-7-13-22-14-16-23(17-15-22)20(18-8-3-1-4-9-18)19-10-5-2-6-11-19;1-2-4-6-5-3-1/h1-6,8-11,20H,7,12-17H2;1-6H. The number of hydrogen-bond donors (Lipinski definition) is 0. The van der Waals surface area contributed by atoms with Crippen molar-refractivity contribution in [3.8, 4) is 0 Å². The fourth-order valence-corrected chi connectivity index (χ4v) is 4.23. The highest BCUT2D eigenvalue weighted by Crippen LogP contribution is 2.29. The van der Waals surface area contributed by atoms with Crippen molar-refractivity contribution in [2.24, 2.45) is 4.36 Å². The van der Waals surface area contributed by atoms with Crippen molar-refractivity contribution in [3.63, 3.8) is 0 Å². The molecule has 1 fully saturated rings. The van der Waals surface area contributed by atoms with Gasteiger partial charge < -0.3 is 4.90 Å². The van der Waals surface area contributed by atoms with Crippen LogP contribution in [0.2, 0.25) is 0 Å². The van der Waals surface area contributed by atoms with E-state index in [-0.39, 0.29) is 6.04 Å². The van der Waals surface area contributed by atoms with E-state index in [0.717, 1.165) is 39.1 Å². The van der Waals surface area contributed by atoms with Crippen LogP contribution in [0.1, 0.15) is 23.6 Å². The Balaban J connectivity index is 0.000000416. The van der Waals surface area contributed by atoms with E-state index < -0.39 is 10.5 Å². The molecule has 0 amide bonds. The molecule has 6 heteroatoms. The zero-order valence-electron chi connectivity index (χ0n) is 18.3. The number of hydrogen-bond acceptors (Lipinski definition) is 5. The molecule has 168 valence electrons. The van der Waals surface area contributed by atoms with E-state index in [0.29, 0.717) is 6.54 Å². The third-order valence-corrected chi connectivity index (χ3v) is 5.89. The van der Waals surface area contributed by atoms with E-state index in [1.54, 1.807) is 0 Å². The summed E-state index contributed by atoms with van der Waals surface area (Å²) in [4.78, 5) is 4.94. The Morgan fingerprint density at radius 3 is 1.56 bits per heavy atom. The van der Waals surface area contributed by atoms with Gasteiger partial charge in [-0.05, 0) is 17.5 Å². The summed E-state index contributed by atoms with van der Waals surface area (Å²) in [6.45, 7) is 5.27. The second-order valence-corrected chi connectivity index (χ2v) is 8.37. The van der Waals surface area contributed by atoms with E-state index in [2.05, 4.69) is 74.8 Å². The van der Waals surface area contributed by atoms with Crippen molar-refractivity contribution in [1.29, 1.82) is 0 Å². The molecule has 0 spiro atoms. The lowest BCUT2D eigenvalue weighted by molar-refractivity contribution is 0.109. The molecule has 32 heavy (non-hydrogen) atoms. The van der Waals surface area contributed by atoms with E-state index >= 15 is 0 Å². The lowest BCUT2D eigenvalue weighted by Crippen LogP contribution is -2.48. The third-order valence-electron chi connectivity index (χ3n) is 5.50.